The van der Waals surface area contributed by atoms with Crippen LogP contribution < -0.4 is 5.73 Å². The van der Waals surface area contributed by atoms with Gasteiger partial charge in [0.1, 0.15) is 6.04 Å². The molecule has 1 fully saturated rings. The second-order valence-electron chi connectivity index (χ2n) is 5.78. The number of carbonyl (C=O) groups excluding carboxylic acids is 3. The van der Waals surface area contributed by atoms with Crippen LogP contribution >= 0.6 is 0 Å². The van der Waals surface area contributed by atoms with Crippen molar-refractivity contribution in [3.05, 3.63) is 22.5 Å². The second kappa shape index (κ2) is 7.06. The molecule has 0 aliphatic carbocycles. The number of ether oxygens (including phenoxy) is 1. The zero-order valence-electron chi connectivity index (χ0n) is 13.8. The quantitative estimate of drug-likeness (QED) is 0.740. The van der Waals surface area contributed by atoms with Gasteiger partial charge in [-0.2, -0.15) is 0 Å². The first kappa shape index (κ1) is 17.4. The van der Waals surface area contributed by atoms with E-state index >= 15 is 0 Å². The number of carbonyl (C=O) groups is 3. The molecule has 0 aromatic carbocycles. The summed E-state index contributed by atoms with van der Waals surface area (Å²) in [6, 6.07) is -0.596. The monoisotopic (exact) mass is 321 g/mol. The molecule has 0 unspecified atom stereocenters. The van der Waals surface area contributed by atoms with Crippen molar-refractivity contribution in [2.24, 2.45) is 5.73 Å². The maximum absolute atomic E-state index is 12.7. The Labute approximate surface area is 135 Å². The van der Waals surface area contributed by atoms with Crippen LogP contribution in [0.2, 0.25) is 0 Å². The van der Waals surface area contributed by atoms with Gasteiger partial charge in [-0.1, -0.05) is 6.92 Å². The Balaban J connectivity index is 2.25. The van der Waals surface area contributed by atoms with Crippen molar-refractivity contribution in [1.29, 1.82) is 0 Å². The lowest BCUT2D eigenvalue weighted by Gasteiger charge is -2.32. The molecule has 0 radical (unpaired) electrons. The molecular weight excluding hydrogens is 298 g/mol. The molecule has 23 heavy (non-hydrogen) atoms. The van der Waals surface area contributed by atoms with Crippen LogP contribution in [0, 0.1) is 6.92 Å². The number of H-pyrrole nitrogens is 1. The molecule has 7 nitrogen and oxygen atoms in total. The fourth-order valence-corrected chi connectivity index (χ4v) is 3.10. The highest BCUT2D eigenvalue weighted by atomic mass is 16.5. The van der Waals surface area contributed by atoms with Crippen molar-refractivity contribution in [2.45, 2.75) is 33.2 Å². The number of nitrogens with zero attached hydrogens (tertiary/aromatic N) is 1. The number of ketones is 2. The molecule has 1 atom stereocenters. The topological polar surface area (TPSA) is 105 Å². The lowest BCUT2D eigenvalue weighted by Crippen LogP contribution is -2.53. The molecule has 3 N–H and O–H groups in total. The highest BCUT2D eigenvalue weighted by molar-refractivity contribution is 6.04. The lowest BCUT2D eigenvalue weighted by atomic mass is 10.0. The molecule has 0 saturated carbocycles. The van der Waals surface area contributed by atoms with Crippen molar-refractivity contribution in [3.8, 4) is 0 Å². The van der Waals surface area contributed by atoms with Crippen molar-refractivity contribution in [2.75, 3.05) is 26.3 Å². The first-order valence-electron chi connectivity index (χ1n) is 7.73. The van der Waals surface area contributed by atoms with Crippen molar-refractivity contribution < 1.29 is 19.1 Å². The van der Waals surface area contributed by atoms with Gasteiger partial charge < -0.3 is 15.5 Å². The third kappa shape index (κ3) is 3.51. The molecule has 126 valence electrons. The average Bonchev–Trinajstić information content (AvgIpc) is 2.84. The van der Waals surface area contributed by atoms with E-state index in [-0.39, 0.29) is 24.7 Å². The molecule has 1 aliphatic heterocycles. The molecule has 0 spiro atoms. The number of primary amides is 1. The molecule has 1 aliphatic rings. The highest BCUT2D eigenvalue weighted by Crippen LogP contribution is 2.21. The minimum atomic E-state index is -0.596. The van der Waals surface area contributed by atoms with Gasteiger partial charge in [0.2, 0.25) is 5.91 Å². The van der Waals surface area contributed by atoms with Crippen molar-refractivity contribution >= 4 is 17.5 Å². The van der Waals surface area contributed by atoms with Gasteiger partial charge in [-0.3, -0.25) is 19.3 Å². The van der Waals surface area contributed by atoms with E-state index in [1.807, 2.05) is 6.92 Å². The van der Waals surface area contributed by atoms with Crippen LogP contribution in [-0.4, -0.2) is 59.7 Å². The molecule has 2 rings (SSSR count). The number of rotatable bonds is 6. The number of aromatic amines is 1. The number of nitrogens with two attached hydrogens (primary N) is 1. The number of nitrogens with one attached hydrogen (secondary N) is 1. The Bertz CT molecular complexity index is 636. The maximum atomic E-state index is 12.7. The summed E-state index contributed by atoms with van der Waals surface area (Å²) in [5.74, 6) is -0.707. The lowest BCUT2D eigenvalue weighted by molar-refractivity contribution is -0.128. The van der Waals surface area contributed by atoms with Gasteiger partial charge in [0.25, 0.3) is 0 Å². The van der Waals surface area contributed by atoms with Gasteiger partial charge in [0.15, 0.2) is 11.6 Å². The third-order valence-corrected chi connectivity index (χ3v) is 4.19. The Kier molecular flexibility index (Phi) is 5.33. The summed E-state index contributed by atoms with van der Waals surface area (Å²) in [4.78, 5) is 40.7. The van der Waals surface area contributed by atoms with Crippen LogP contribution in [0.1, 0.15) is 46.0 Å². The zero-order chi connectivity index (χ0) is 17.1. The van der Waals surface area contributed by atoms with Crippen LogP contribution in [0.3, 0.4) is 0 Å². The summed E-state index contributed by atoms with van der Waals surface area (Å²) < 4.78 is 5.25. The molecule has 7 heteroatoms. The highest BCUT2D eigenvalue weighted by Gasteiger charge is 2.31. The average molecular weight is 321 g/mol. The summed E-state index contributed by atoms with van der Waals surface area (Å²) in [6.45, 7) is 6.39. The fraction of sp³-hybridized carbons (Fsp3) is 0.562. The van der Waals surface area contributed by atoms with Gasteiger partial charge in [0, 0.05) is 17.8 Å². The zero-order valence-corrected chi connectivity index (χ0v) is 13.8. The Morgan fingerprint density at radius 1 is 1.39 bits per heavy atom. The summed E-state index contributed by atoms with van der Waals surface area (Å²) in [7, 11) is 0. The molecular formula is C16H23N3O4. The van der Waals surface area contributed by atoms with Crippen molar-refractivity contribution in [3.63, 3.8) is 0 Å². The summed E-state index contributed by atoms with van der Waals surface area (Å²) in [5, 5.41) is 0. The van der Waals surface area contributed by atoms with Gasteiger partial charge in [-0.05, 0) is 25.8 Å². The Hall–Kier alpha value is -1.99. The third-order valence-electron chi connectivity index (χ3n) is 4.19. The predicted octanol–water partition coefficient (Wildman–Crippen LogP) is 0.457. The van der Waals surface area contributed by atoms with Crippen LogP contribution in [0.4, 0.5) is 0 Å². The summed E-state index contributed by atoms with van der Waals surface area (Å²) >= 11 is 0. The molecule has 1 amide bonds. The molecule has 0 bridgehead atoms. The predicted molar refractivity (Wildman–Crippen MR) is 84.6 cm³/mol. The van der Waals surface area contributed by atoms with E-state index in [1.54, 1.807) is 11.8 Å². The van der Waals surface area contributed by atoms with E-state index in [0.29, 0.717) is 36.5 Å². The van der Waals surface area contributed by atoms with Crippen LogP contribution in [0.5, 0.6) is 0 Å². The minimum Gasteiger partial charge on any atom is -0.378 e. The van der Waals surface area contributed by atoms with E-state index in [2.05, 4.69) is 4.98 Å². The first-order chi connectivity index (χ1) is 10.9. The molecule has 1 aromatic heterocycles. The van der Waals surface area contributed by atoms with Crippen LogP contribution in [0.25, 0.3) is 0 Å². The fourth-order valence-electron chi connectivity index (χ4n) is 3.10. The Morgan fingerprint density at radius 2 is 2.09 bits per heavy atom. The second-order valence-corrected chi connectivity index (χ2v) is 5.78. The number of amides is 1. The standard InChI is InChI=1S/C16H23N3O4/c1-4-11-14(10(3)20)9(2)18-15(11)13(21)7-19-5-6-23-8-12(19)16(17)22/h12,18H,4-8H2,1-3H3,(H2,17,22)/t12-/m0/s1. The first-order valence-corrected chi connectivity index (χ1v) is 7.73. The van der Waals surface area contributed by atoms with Crippen molar-refractivity contribution in [1.82, 2.24) is 9.88 Å². The number of aryl methyl sites for hydroxylation is 1. The number of aromatic nitrogens is 1. The van der Waals surface area contributed by atoms with Gasteiger partial charge in [-0.25, -0.2) is 0 Å². The van der Waals surface area contributed by atoms with Gasteiger partial charge in [0.05, 0.1) is 25.5 Å². The maximum Gasteiger partial charge on any atom is 0.237 e. The molecule has 1 saturated heterocycles. The SMILES string of the molecule is CCc1c(C(=O)CN2CCOC[C@H]2C(N)=O)[nH]c(C)c1C(C)=O. The van der Waals surface area contributed by atoms with Crippen LogP contribution in [0.15, 0.2) is 0 Å². The van der Waals surface area contributed by atoms with E-state index in [4.69, 9.17) is 10.5 Å². The smallest absolute Gasteiger partial charge is 0.237 e. The largest absolute Gasteiger partial charge is 0.378 e. The summed E-state index contributed by atoms with van der Waals surface area (Å²) in [5.41, 5.74) is 7.85. The summed E-state index contributed by atoms with van der Waals surface area (Å²) in [6.07, 6.45) is 0.586. The van der Waals surface area contributed by atoms with Crippen LogP contribution in [-0.2, 0) is 16.0 Å². The number of hydrogen-bond donors (Lipinski definition) is 2. The number of hydrogen-bond acceptors (Lipinski definition) is 5. The normalized spacial score (nSPS) is 18.8. The number of morpholine rings is 1. The number of Topliss-reactive ketones (excluding diaryl/α,β-unsaturated/α-hetero) is 2. The van der Waals surface area contributed by atoms with E-state index in [1.165, 1.54) is 6.92 Å². The minimum absolute atomic E-state index is 0.0592. The molecule has 1 aromatic rings. The van der Waals surface area contributed by atoms with E-state index < -0.39 is 11.9 Å². The van der Waals surface area contributed by atoms with E-state index in [0.717, 1.165) is 5.56 Å². The van der Waals surface area contributed by atoms with Gasteiger partial charge >= 0.3 is 0 Å². The van der Waals surface area contributed by atoms with E-state index in [9.17, 15) is 14.4 Å². The molecule has 2 heterocycles. The Morgan fingerprint density at radius 3 is 2.65 bits per heavy atom. The van der Waals surface area contributed by atoms with Gasteiger partial charge in [-0.15, -0.1) is 0 Å².